The Morgan fingerprint density at radius 1 is 0.483 bits per heavy atom. The Kier molecular flexibility index (Phi) is 8.73. The summed E-state index contributed by atoms with van der Waals surface area (Å²) in [5, 5.41) is 0. The van der Waals surface area contributed by atoms with E-state index in [4.69, 9.17) is 0 Å². The first-order chi connectivity index (χ1) is 14.1. The maximum absolute atomic E-state index is 2.36. The molecule has 0 aromatic heterocycles. The predicted molar refractivity (Wildman–Crippen MR) is 132 cm³/mol. The molecule has 0 saturated carbocycles. The highest BCUT2D eigenvalue weighted by Crippen LogP contribution is 2.07. The molecule has 154 valence electrons. The van der Waals surface area contributed by atoms with Gasteiger partial charge in [0.25, 0.3) is 0 Å². The maximum atomic E-state index is 2.36. The smallest absolute Gasteiger partial charge is 0.0787 e. The summed E-state index contributed by atoms with van der Waals surface area (Å²) in [6.07, 6.45) is -0.912. The van der Waals surface area contributed by atoms with Gasteiger partial charge < -0.3 is 4.48 Å². The van der Waals surface area contributed by atoms with Crippen molar-refractivity contribution in [2.75, 3.05) is 26.2 Å². The molecule has 0 spiro atoms. The molecule has 0 atom stereocenters. The summed E-state index contributed by atoms with van der Waals surface area (Å²) in [5.41, 5.74) is 4.14. The molecule has 0 radical (unpaired) electrons. The molecule has 3 aromatic rings. The fourth-order valence-electron chi connectivity index (χ4n) is 4.43. The Labute approximate surface area is 178 Å². The van der Waals surface area contributed by atoms with E-state index in [0.717, 1.165) is 0 Å². The van der Waals surface area contributed by atoms with Crippen molar-refractivity contribution in [3.8, 4) is 0 Å². The first-order valence-corrected chi connectivity index (χ1v) is 11.3. The monoisotopic (exact) mass is 387 g/mol. The van der Waals surface area contributed by atoms with E-state index in [2.05, 4.69) is 126 Å². The van der Waals surface area contributed by atoms with Gasteiger partial charge in [-0.25, -0.2) is 16.4 Å². The number of quaternary nitrogens is 1. The Hall–Kier alpha value is -2.32. The average molecular weight is 387 g/mol. The van der Waals surface area contributed by atoms with E-state index in [1.807, 2.05) is 0 Å². The minimum absolute atomic E-state index is 0.912. The minimum atomic E-state index is -0.912. The fourth-order valence-corrected chi connectivity index (χ4v) is 4.43. The molecule has 0 fully saturated rings. The summed E-state index contributed by atoms with van der Waals surface area (Å²) < 4.78 is 1.28. The molecule has 0 aliphatic heterocycles. The predicted octanol–water partition coefficient (Wildman–Crippen LogP) is 4.67. The molecular weight excluding hydrogens is 349 g/mol. The Morgan fingerprint density at radius 2 is 0.724 bits per heavy atom. The molecule has 0 heterocycles. The summed E-state index contributed by atoms with van der Waals surface area (Å²) in [7, 11) is 0. The zero-order chi connectivity index (χ0) is 21.2. The second kappa shape index (κ2) is 11.0. The third-order valence-corrected chi connectivity index (χ3v) is 7.08. The topological polar surface area (TPSA) is 0 Å². The van der Waals surface area contributed by atoms with Crippen LogP contribution in [0.25, 0.3) is 0 Å². The lowest BCUT2D eigenvalue weighted by molar-refractivity contribution is -0.921. The molecular formula is C27H38BN. The van der Waals surface area contributed by atoms with E-state index in [-0.39, 0.29) is 0 Å². The molecule has 0 N–H and O–H groups in total. The van der Waals surface area contributed by atoms with Gasteiger partial charge in [0.2, 0.25) is 0 Å². The van der Waals surface area contributed by atoms with Crippen molar-refractivity contribution in [1.82, 2.24) is 0 Å². The van der Waals surface area contributed by atoms with Crippen molar-refractivity contribution in [2.45, 2.75) is 34.5 Å². The summed E-state index contributed by atoms with van der Waals surface area (Å²) in [5.74, 6) is 0. The largest absolute Gasteiger partial charge is 0.325 e. The zero-order valence-corrected chi connectivity index (χ0v) is 19.0. The van der Waals surface area contributed by atoms with E-state index < -0.39 is 6.15 Å². The van der Waals surface area contributed by atoms with Gasteiger partial charge in [0.05, 0.1) is 32.3 Å². The molecule has 2 heteroatoms. The van der Waals surface area contributed by atoms with E-state index in [1.54, 1.807) is 0 Å². The Morgan fingerprint density at radius 3 is 0.897 bits per heavy atom. The third kappa shape index (κ3) is 5.39. The number of rotatable bonds is 7. The third-order valence-electron chi connectivity index (χ3n) is 7.08. The molecule has 3 rings (SSSR count). The zero-order valence-electron chi connectivity index (χ0n) is 19.0. The van der Waals surface area contributed by atoms with Gasteiger partial charge in [-0.15, -0.1) is 0 Å². The van der Waals surface area contributed by atoms with Gasteiger partial charge in [-0.1, -0.05) is 91.0 Å². The van der Waals surface area contributed by atoms with Crippen LogP contribution in [0.15, 0.2) is 91.0 Å². The molecule has 0 unspecified atom stereocenters. The molecule has 1 nitrogen and oxygen atoms in total. The maximum Gasteiger partial charge on any atom is 0.0787 e. The molecule has 29 heavy (non-hydrogen) atoms. The van der Waals surface area contributed by atoms with Crippen LogP contribution in [0.5, 0.6) is 0 Å². The summed E-state index contributed by atoms with van der Waals surface area (Å²) in [6, 6.07) is 32.4. The van der Waals surface area contributed by atoms with Crippen LogP contribution in [-0.2, 0) is 0 Å². The van der Waals surface area contributed by atoms with Crippen LogP contribution < -0.4 is 16.4 Å². The molecule has 0 saturated heterocycles. The molecule has 0 bridgehead atoms. The second-order valence-electron chi connectivity index (χ2n) is 8.14. The Balaban J connectivity index is 0.000000284. The highest BCUT2D eigenvalue weighted by molar-refractivity contribution is 7.10. The Bertz CT molecular complexity index is 697. The van der Waals surface area contributed by atoms with Crippen molar-refractivity contribution >= 4 is 22.5 Å². The number of benzene rings is 3. The highest BCUT2D eigenvalue weighted by Gasteiger charge is 2.23. The normalized spacial score (nSPS) is 11.5. The van der Waals surface area contributed by atoms with Crippen molar-refractivity contribution in [1.29, 1.82) is 0 Å². The van der Waals surface area contributed by atoms with Crippen LogP contribution in [0.3, 0.4) is 0 Å². The van der Waals surface area contributed by atoms with Gasteiger partial charge >= 0.3 is 0 Å². The van der Waals surface area contributed by atoms with Crippen molar-refractivity contribution < 1.29 is 4.48 Å². The molecule has 0 amide bonds. The summed E-state index contributed by atoms with van der Waals surface area (Å²) >= 11 is 0. The van der Waals surface area contributed by atoms with E-state index >= 15 is 0 Å². The molecule has 0 aliphatic rings. The fraction of sp³-hybridized carbons (Fsp3) is 0.333. The van der Waals surface area contributed by atoms with Crippen molar-refractivity contribution in [2.24, 2.45) is 0 Å². The standard InChI is InChI=1S/C19H18B.C8H20N/c1-20(17-11-5-2-6-12-17,18-13-7-3-8-14-18)19-15-9-4-10-16-19;1-5-9(6-2,7-3)8-4/h2-16H,1H3;5-8H2,1-4H3/q-1;+1. The lowest BCUT2D eigenvalue weighted by Gasteiger charge is -2.39. The van der Waals surface area contributed by atoms with Crippen LogP contribution in [0.1, 0.15) is 27.7 Å². The van der Waals surface area contributed by atoms with Crippen molar-refractivity contribution in [3.63, 3.8) is 0 Å². The SMILES string of the molecule is CC[N+](CC)(CC)CC.C[B-](c1ccccc1)(c1ccccc1)c1ccccc1. The minimum Gasteiger partial charge on any atom is -0.325 e. The van der Waals surface area contributed by atoms with E-state index in [1.165, 1.54) is 47.1 Å². The van der Waals surface area contributed by atoms with Crippen LogP contribution in [0, 0.1) is 0 Å². The van der Waals surface area contributed by atoms with Gasteiger partial charge in [0.15, 0.2) is 0 Å². The molecule has 3 aromatic carbocycles. The first-order valence-electron chi connectivity index (χ1n) is 11.3. The summed E-state index contributed by atoms with van der Waals surface area (Å²) in [6.45, 7) is 16.6. The highest BCUT2D eigenvalue weighted by atomic mass is 15.3. The number of hydrogen-bond acceptors (Lipinski definition) is 0. The van der Waals surface area contributed by atoms with E-state index in [9.17, 15) is 0 Å². The lowest BCUT2D eigenvalue weighted by atomic mass is 9.17. The van der Waals surface area contributed by atoms with E-state index in [0.29, 0.717) is 0 Å². The van der Waals surface area contributed by atoms with Crippen LogP contribution >= 0.6 is 0 Å². The number of nitrogens with zero attached hydrogens (tertiary/aromatic N) is 1. The van der Waals surface area contributed by atoms with Gasteiger partial charge in [-0.2, -0.15) is 6.82 Å². The quantitative estimate of drug-likeness (QED) is 0.408. The average Bonchev–Trinajstić information content (AvgIpc) is 2.82. The van der Waals surface area contributed by atoms with Gasteiger partial charge in [-0.05, 0) is 27.7 Å². The van der Waals surface area contributed by atoms with Crippen LogP contribution in [0.2, 0.25) is 6.82 Å². The van der Waals surface area contributed by atoms with Crippen LogP contribution in [0.4, 0.5) is 0 Å². The first kappa shape index (κ1) is 23.0. The van der Waals surface area contributed by atoms with Gasteiger partial charge in [-0.3, -0.25) is 0 Å². The summed E-state index contributed by atoms with van der Waals surface area (Å²) in [4.78, 5) is 0. The molecule has 0 aliphatic carbocycles. The van der Waals surface area contributed by atoms with Gasteiger partial charge in [0, 0.05) is 0 Å². The lowest BCUT2D eigenvalue weighted by Crippen LogP contribution is -2.64. The van der Waals surface area contributed by atoms with Crippen LogP contribution in [-0.4, -0.2) is 36.8 Å². The van der Waals surface area contributed by atoms with Crippen molar-refractivity contribution in [3.05, 3.63) is 91.0 Å². The van der Waals surface area contributed by atoms with Gasteiger partial charge in [0.1, 0.15) is 0 Å². The number of hydrogen-bond donors (Lipinski definition) is 0. The second-order valence-corrected chi connectivity index (χ2v) is 8.14.